The second kappa shape index (κ2) is 6.47. The average Bonchev–Trinajstić information content (AvgIpc) is 2.34. The number of nitrogen functional groups attached to an aromatic ring is 1. The van der Waals surface area contributed by atoms with Crippen molar-refractivity contribution < 1.29 is 19.4 Å². The van der Waals surface area contributed by atoms with Gasteiger partial charge in [0.15, 0.2) is 0 Å². The molecular weight excluding hydrogens is 272 g/mol. The third-order valence-electron chi connectivity index (χ3n) is 2.86. The first kappa shape index (κ1) is 16.8. The molecule has 0 bridgehead atoms. The fourth-order valence-electron chi connectivity index (χ4n) is 1.78. The van der Waals surface area contributed by atoms with Gasteiger partial charge in [0.2, 0.25) is 0 Å². The van der Waals surface area contributed by atoms with Gasteiger partial charge >= 0.3 is 12.1 Å². The van der Waals surface area contributed by atoms with Crippen molar-refractivity contribution in [3.05, 3.63) is 29.8 Å². The average molecular weight is 294 g/mol. The van der Waals surface area contributed by atoms with Gasteiger partial charge in [-0.3, -0.25) is 4.79 Å². The standard InChI is InChI=1S/C15H22N2O4/c1-9(13(18)19)12(10-5-7-11(16)8-6-10)17-14(20)21-15(2,3)4/h5-9,12H,16H2,1-4H3,(H,17,20)(H,18,19). The van der Waals surface area contributed by atoms with Gasteiger partial charge in [0.05, 0.1) is 12.0 Å². The zero-order valence-corrected chi connectivity index (χ0v) is 12.7. The lowest BCUT2D eigenvalue weighted by molar-refractivity contribution is -0.142. The van der Waals surface area contributed by atoms with Crippen molar-refractivity contribution in [3.8, 4) is 0 Å². The Bertz CT molecular complexity index is 505. The Labute approximate surface area is 124 Å². The highest BCUT2D eigenvalue weighted by molar-refractivity contribution is 5.74. The van der Waals surface area contributed by atoms with E-state index >= 15 is 0 Å². The molecule has 0 aliphatic carbocycles. The fraction of sp³-hybridized carbons (Fsp3) is 0.467. The van der Waals surface area contributed by atoms with Crippen molar-refractivity contribution in [1.29, 1.82) is 0 Å². The molecule has 0 aliphatic heterocycles. The molecule has 1 aromatic rings. The minimum Gasteiger partial charge on any atom is -0.481 e. The lowest BCUT2D eigenvalue weighted by Crippen LogP contribution is -2.39. The largest absolute Gasteiger partial charge is 0.481 e. The first-order chi connectivity index (χ1) is 9.60. The Kier molecular flexibility index (Phi) is 5.18. The number of nitrogens with one attached hydrogen (secondary N) is 1. The summed E-state index contributed by atoms with van der Waals surface area (Å²) in [6, 6.07) is 6.01. The summed E-state index contributed by atoms with van der Waals surface area (Å²) in [6.45, 7) is 6.75. The molecule has 0 aliphatic rings. The van der Waals surface area contributed by atoms with Crippen molar-refractivity contribution in [2.24, 2.45) is 5.92 Å². The van der Waals surface area contributed by atoms with Crippen LogP contribution in [0.25, 0.3) is 0 Å². The molecule has 0 radical (unpaired) electrons. The Morgan fingerprint density at radius 3 is 2.19 bits per heavy atom. The quantitative estimate of drug-likeness (QED) is 0.741. The molecule has 1 rings (SSSR count). The Morgan fingerprint density at radius 1 is 1.24 bits per heavy atom. The van der Waals surface area contributed by atoms with E-state index in [-0.39, 0.29) is 0 Å². The molecular formula is C15H22N2O4. The molecule has 6 heteroatoms. The van der Waals surface area contributed by atoms with Crippen LogP contribution in [-0.2, 0) is 9.53 Å². The predicted molar refractivity (Wildman–Crippen MR) is 79.8 cm³/mol. The second-order valence-corrected chi connectivity index (χ2v) is 5.92. The Balaban J connectivity index is 2.95. The molecule has 0 spiro atoms. The van der Waals surface area contributed by atoms with Crippen LogP contribution < -0.4 is 11.1 Å². The van der Waals surface area contributed by atoms with Crippen LogP contribution in [0.5, 0.6) is 0 Å². The van der Waals surface area contributed by atoms with Crippen LogP contribution in [0.3, 0.4) is 0 Å². The molecule has 0 aromatic heterocycles. The highest BCUT2D eigenvalue weighted by Crippen LogP contribution is 2.24. The summed E-state index contributed by atoms with van der Waals surface area (Å²) in [5, 5.41) is 11.8. The number of alkyl carbamates (subject to hydrolysis) is 1. The van der Waals surface area contributed by atoms with E-state index in [9.17, 15) is 14.7 Å². The topological polar surface area (TPSA) is 102 Å². The van der Waals surface area contributed by atoms with Gasteiger partial charge in [-0.1, -0.05) is 12.1 Å². The van der Waals surface area contributed by atoms with Crippen LogP contribution >= 0.6 is 0 Å². The van der Waals surface area contributed by atoms with Gasteiger partial charge in [-0.25, -0.2) is 4.79 Å². The third-order valence-corrected chi connectivity index (χ3v) is 2.86. The summed E-state index contributed by atoms with van der Waals surface area (Å²) in [5.74, 6) is -1.81. The van der Waals surface area contributed by atoms with Crippen LogP contribution in [0, 0.1) is 5.92 Å². The molecule has 1 aromatic carbocycles. The number of amides is 1. The number of benzene rings is 1. The van der Waals surface area contributed by atoms with Gasteiger partial charge in [-0.15, -0.1) is 0 Å². The molecule has 21 heavy (non-hydrogen) atoms. The normalized spacial score (nSPS) is 14.1. The predicted octanol–water partition coefficient (Wildman–Crippen LogP) is 2.56. The molecule has 2 atom stereocenters. The molecule has 0 fully saturated rings. The monoisotopic (exact) mass is 294 g/mol. The van der Waals surface area contributed by atoms with Crippen molar-refractivity contribution >= 4 is 17.7 Å². The van der Waals surface area contributed by atoms with Gasteiger partial charge < -0.3 is 20.9 Å². The van der Waals surface area contributed by atoms with Gasteiger partial charge in [0, 0.05) is 5.69 Å². The fourth-order valence-corrected chi connectivity index (χ4v) is 1.78. The number of carboxylic acids is 1. The summed E-state index contributed by atoms with van der Waals surface area (Å²) in [4.78, 5) is 23.1. The lowest BCUT2D eigenvalue weighted by Gasteiger charge is -2.26. The SMILES string of the molecule is CC(C(=O)O)C(NC(=O)OC(C)(C)C)c1ccc(N)cc1. The van der Waals surface area contributed by atoms with Crippen molar-refractivity contribution in [2.45, 2.75) is 39.3 Å². The number of hydrogen-bond acceptors (Lipinski definition) is 4. The smallest absolute Gasteiger partial charge is 0.408 e. The number of anilines is 1. The van der Waals surface area contributed by atoms with Crippen LogP contribution in [0.2, 0.25) is 0 Å². The van der Waals surface area contributed by atoms with Crippen LogP contribution in [-0.4, -0.2) is 22.8 Å². The highest BCUT2D eigenvalue weighted by Gasteiger charge is 2.28. The van der Waals surface area contributed by atoms with E-state index in [4.69, 9.17) is 10.5 Å². The van der Waals surface area contributed by atoms with Gasteiger partial charge in [-0.05, 0) is 45.4 Å². The summed E-state index contributed by atoms with van der Waals surface area (Å²) in [6.07, 6.45) is -0.655. The maximum absolute atomic E-state index is 11.9. The van der Waals surface area contributed by atoms with Crippen molar-refractivity contribution in [2.75, 3.05) is 5.73 Å². The van der Waals surface area contributed by atoms with E-state index in [0.717, 1.165) is 0 Å². The lowest BCUT2D eigenvalue weighted by atomic mass is 9.94. The number of carboxylic acid groups (broad SMARTS) is 1. The minimum absolute atomic E-state index is 0.567. The molecule has 6 nitrogen and oxygen atoms in total. The molecule has 4 N–H and O–H groups in total. The van der Waals surface area contributed by atoms with Gasteiger partial charge in [0.1, 0.15) is 5.60 Å². The van der Waals surface area contributed by atoms with Gasteiger partial charge in [0.25, 0.3) is 0 Å². The zero-order chi connectivity index (χ0) is 16.2. The van der Waals surface area contributed by atoms with E-state index in [0.29, 0.717) is 11.3 Å². The molecule has 2 unspecified atom stereocenters. The van der Waals surface area contributed by atoms with E-state index < -0.39 is 29.6 Å². The third kappa shape index (κ3) is 5.33. The van der Waals surface area contributed by atoms with E-state index in [2.05, 4.69) is 5.32 Å². The Hall–Kier alpha value is -2.24. The number of nitrogens with two attached hydrogens (primary N) is 1. The summed E-state index contributed by atoms with van der Waals surface area (Å²) < 4.78 is 5.18. The number of aliphatic carboxylic acids is 1. The molecule has 1 amide bonds. The number of carbonyl (C=O) groups is 2. The molecule has 0 heterocycles. The number of hydrogen-bond donors (Lipinski definition) is 3. The highest BCUT2D eigenvalue weighted by atomic mass is 16.6. The first-order valence-corrected chi connectivity index (χ1v) is 6.68. The molecule has 0 saturated heterocycles. The maximum atomic E-state index is 11.9. The molecule has 0 saturated carbocycles. The van der Waals surface area contributed by atoms with Crippen molar-refractivity contribution in [1.82, 2.24) is 5.32 Å². The summed E-state index contributed by atoms with van der Waals surface area (Å²) in [7, 11) is 0. The van der Waals surface area contributed by atoms with E-state index in [1.165, 1.54) is 6.92 Å². The van der Waals surface area contributed by atoms with E-state index in [1.807, 2.05) is 0 Å². The first-order valence-electron chi connectivity index (χ1n) is 6.68. The maximum Gasteiger partial charge on any atom is 0.408 e. The second-order valence-electron chi connectivity index (χ2n) is 5.92. The van der Waals surface area contributed by atoms with E-state index in [1.54, 1.807) is 45.0 Å². The van der Waals surface area contributed by atoms with Crippen molar-refractivity contribution in [3.63, 3.8) is 0 Å². The minimum atomic E-state index is -1.01. The number of rotatable bonds is 4. The number of ether oxygens (including phenoxy) is 1. The zero-order valence-electron chi connectivity index (χ0n) is 12.7. The van der Waals surface area contributed by atoms with Gasteiger partial charge in [-0.2, -0.15) is 0 Å². The van der Waals surface area contributed by atoms with Crippen LogP contribution in [0.15, 0.2) is 24.3 Å². The van der Waals surface area contributed by atoms with Crippen LogP contribution in [0.4, 0.5) is 10.5 Å². The molecule has 116 valence electrons. The summed E-state index contributed by atoms with van der Waals surface area (Å²) in [5.41, 5.74) is 6.19. The van der Waals surface area contributed by atoms with Crippen LogP contribution in [0.1, 0.15) is 39.3 Å². The number of carbonyl (C=O) groups excluding carboxylic acids is 1. The summed E-state index contributed by atoms with van der Waals surface area (Å²) >= 11 is 0. The Morgan fingerprint density at radius 2 is 1.76 bits per heavy atom.